The summed E-state index contributed by atoms with van der Waals surface area (Å²) < 4.78 is 27.9. The molecule has 1 fully saturated rings. The zero-order chi connectivity index (χ0) is 20.0. The van der Waals surface area contributed by atoms with Crippen molar-refractivity contribution in [2.24, 2.45) is 5.92 Å². The number of aromatic nitrogens is 2. The van der Waals surface area contributed by atoms with Gasteiger partial charge in [0.25, 0.3) is 0 Å². The normalized spacial score (nSPS) is 20.1. The summed E-state index contributed by atoms with van der Waals surface area (Å²) in [5, 5.41) is 0. The van der Waals surface area contributed by atoms with Crippen LogP contribution in [-0.4, -0.2) is 53.2 Å². The van der Waals surface area contributed by atoms with Gasteiger partial charge in [-0.3, -0.25) is 14.6 Å². The van der Waals surface area contributed by atoms with Crippen LogP contribution in [0.1, 0.15) is 38.4 Å². The third kappa shape index (κ3) is 4.86. The van der Waals surface area contributed by atoms with Gasteiger partial charge in [-0.15, -0.1) is 0 Å². The lowest BCUT2D eigenvalue weighted by Crippen LogP contribution is -2.33. The molecule has 1 saturated heterocycles. The molecule has 0 bridgehead atoms. The van der Waals surface area contributed by atoms with Crippen LogP contribution in [0.2, 0.25) is 0 Å². The second-order valence-electron chi connectivity index (χ2n) is 7.76. The van der Waals surface area contributed by atoms with E-state index in [-0.39, 0.29) is 37.1 Å². The van der Waals surface area contributed by atoms with Gasteiger partial charge in [0.1, 0.15) is 5.60 Å². The number of hydrogen-bond acceptors (Lipinski definition) is 7. The van der Waals surface area contributed by atoms with Crippen molar-refractivity contribution in [1.29, 1.82) is 0 Å². The zero-order valence-electron chi connectivity index (χ0n) is 15.3. The van der Waals surface area contributed by atoms with Crippen LogP contribution in [0.5, 0.6) is 0 Å². The van der Waals surface area contributed by atoms with E-state index in [1.54, 1.807) is 27.0 Å². The number of amides is 2. The highest BCUT2D eigenvalue weighted by Gasteiger charge is 2.36. The molecule has 0 aromatic carbocycles. The number of carbonyl (C=O) groups is 2. The molecule has 1 unspecified atom stereocenters. The molecule has 0 aliphatic carbocycles. The molecule has 0 N–H and O–H groups in total. The third-order valence-electron chi connectivity index (χ3n) is 4.18. The summed E-state index contributed by atoms with van der Waals surface area (Å²) in [6.45, 7) is 6.18. The molecule has 2 aliphatic rings. The fourth-order valence-electron chi connectivity index (χ4n) is 3.10. The van der Waals surface area contributed by atoms with E-state index in [1.807, 2.05) is 0 Å². The predicted octanol–water partition coefficient (Wildman–Crippen LogP) is 1.65. The van der Waals surface area contributed by atoms with Crippen molar-refractivity contribution in [2.45, 2.75) is 45.9 Å². The van der Waals surface area contributed by atoms with Crippen LogP contribution >= 0.6 is 10.7 Å². The molecule has 0 spiro atoms. The molecule has 0 saturated carbocycles. The molecule has 1 atom stereocenters. The van der Waals surface area contributed by atoms with Crippen molar-refractivity contribution in [3.8, 4) is 0 Å². The minimum absolute atomic E-state index is 0.0798. The number of ether oxygens (including phenoxy) is 1. The van der Waals surface area contributed by atoms with Crippen molar-refractivity contribution in [3.63, 3.8) is 0 Å². The summed E-state index contributed by atoms with van der Waals surface area (Å²) >= 11 is 0. The van der Waals surface area contributed by atoms with E-state index in [2.05, 4.69) is 9.97 Å². The standard InChI is InChI=1S/C16H21ClN4O5S/c1-16(2,3)26-15(23)20-7-11-5-18-14(19-12(11)8-20)21-6-10(4-13(21)22)9-27(17,24)25/h5,10H,4,6-9H2,1-3H3. The Kier molecular flexibility index (Phi) is 5.06. The highest BCUT2D eigenvalue weighted by Crippen LogP contribution is 2.28. The Morgan fingerprint density at radius 1 is 1.37 bits per heavy atom. The number of nitrogens with zero attached hydrogens (tertiary/aromatic N) is 4. The van der Waals surface area contributed by atoms with E-state index in [0.29, 0.717) is 12.2 Å². The maximum atomic E-state index is 12.2. The van der Waals surface area contributed by atoms with Crippen molar-refractivity contribution in [1.82, 2.24) is 14.9 Å². The summed E-state index contributed by atoms with van der Waals surface area (Å²) in [6, 6.07) is 0. The minimum Gasteiger partial charge on any atom is -0.444 e. The van der Waals surface area contributed by atoms with Crippen LogP contribution in [0, 0.1) is 5.92 Å². The van der Waals surface area contributed by atoms with Gasteiger partial charge in [-0.25, -0.2) is 23.2 Å². The van der Waals surface area contributed by atoms with Crippen LogP contribution in [0.4, 0.5) is 10.7 Å². The highest BCUT2D eigenvalue weighted by atomic mass is 35.7. The van der Waals surface area contributed by atoms with Gasteiger partial charge in [0, 0.05) is 41.3 Å². The molecular weight excluding hydrogens is 396 g/mol. The van der Waals surface area contributed by atoms with Gasteiger partial charge in [0.2, 0.25) is 20.9 Å². The van der Waals surface area contributed by atoms with Crippen molar-refractivity contribution in [3.05, 3.63) is 17.5 Å². The Morgan fingerprint density at radius 3 is 2.70 bits per heavy atom. The van der Waals surface area contributed by atoms with Gasteiger partial charge < -0.3 is 4.74 Å². The summed E-state index contributed by atoms with van der Waals surface area (Å²) in [7, 11) is 1.60. The van der Waals surface area contributed by atoms with Gasteiger partial charge in [-0.2, -0.15) is 0 Å². The van der Waals surface area contributed by atoms with Crippen molar-refractivity contribution in [2.75, 3.05) is 17.2 Å². The molecule has 9 nitrogen and oxygen atoms in total. The molecule has 27 heavy (non-hydrogen) atoms. The first kappa shape index (κ1) is 19.8. The van der Waals surface area contributed by atoms with Gasteiger partial charge >= 0.3 is 6.09 Å². The van der Waals surface area contributed by atoms with Gasteiger partial charge in [-0.1, -0.05) is 0 Å². The van der Waals surface area contributed by atoms with Crippen LogP contribution in [-0.2, 0) is 31.7 Å². The van der Waals surface area contributed by atoms with E-state index < -0.39 is 26.7 Å². The maximum absolute atomic E-state index is 12.2. The third-order valence-corrected chi connectivity index (χ3v) is 5.42. The molecule has 0 radical (unpaired) electrons. The first-order valence-corrected chi connectivity index (χ1v) is 10.9. The second-order valence-corrected chi connectivity index (χ2v) is 10.6. The molecule has 1 aromatic heterocycles. The van der Waals surface area contributed by atoms with Crippen LogP contribution in [0.3, 0.4) is 0 Å². The minimum atomic E-state index is -3.68. The summed E-state index contributed by atoms with van der Waals surface area (Å²) in [4.78, 5) is 35.9. The SMILES string of the molecule is CC(C)(C)OC(=O)N1Cc2cnc(N3CC(CS(=O)(=O)Cl)CC3=O)nc2C1. The van der Waals surface area contributed by atoms with E-state index >= 15 is 0 Å². The quantitative estimate of drug-likeness (QED) is 0.689. The molecule has 3 rings (SSSR count). The van der Waals surface area contributed by atoms with Gasteiger partial charge in [0.05, 0.1) is 24.5 Å². The number of halogens is 1. The molecular formula is C16H21ClN4O5S. The van der Waals surface area contributed by atoms with Gasteiger partial charge in [-0.05, 0) is 20.8 Å². The lowest BCUT2D eigenvalue weighted by Gasteiger charge is -2.23. The zero-order valence-corrected chi connectivity index (χ0v) is 16.9. The smallest absolute Gasteiger partial charge is 0.410 e. The average Bonchev–Trinajstić information content (AvgIpc) is 3.06. The first-order valence-electron chi connectivity index (χ1n) is 8.47. The van der Waals surface area contributed by atoms with E-state index in [0.717, 1.165) is 5.56 Å². The van der Waals surface area contributed by atoms with Gasteiger partial charge in [0.15, 0.2) is 0 Å². The van der Waals surface area contributed by atoms with E-state index in [4.69, 9.17) is 15.4 Å². The number of carbonyl (C=O) groups excluding carboxylic acids is 2. The number of anilines is 1. The Hall–Kier alpha value is -1.94. The highest BCUT2D eigenvalue weighted by molar-refractivity contribution is 8.13. The Bertz CT molecular complexity index is 883. The summed E-state index contributed by atoms with van der Waals surface area (Å²) in [6.07, 6.45) is 1.23. The largest absolute Gasteiger partial charge is 0.444 e. The Morgan fingerprint density at radius 2 is 2.07 bits per heavy atom. The van der Waals surface area contributed by atoms with E-state index in [9.17, 15) is 18.0 Å². The maximum Gasteiger partial charge on any atom is 0.410 e. The molecule has 11 heteroatoms. The molecule has 148 valence electrons. The molecule has 2 aliphatic heterocycles. The van der Waals surface area contributed by atoms with Crippen molar-refractivity contribution >= 4 is 37.7 Å². The average molecular weight is 417 g/mol. The Balaban J connectivity index is 1.71. The topological polar surface area (TPSA) is 110 Å². The molecule has 3 heterocycles. The van der Waals surface area contributed by atoms with Crippen LogP contribution < -0.4 is 4.90 Å². The monoisotopic (exact) mass is 416 g/mol. The second kappa shape index (κ2) is 6.90. The first-order chi connectivity index (χ1) is 12.4. The van der Waals surface area contributed by atoms with Crippen LogP contribution in [0.15, 0.2) is 6.20 Å². The lowest BCUT2D eigenvalue weighted by atomic mass is 10.1. The fraction of sp³-hybridized carbons (Fsp3) is 0.625. The Labute approximate surface area is 162 Å². The van der Waals surface area contributed by atoms with Crippen molar-refractivity contribution < 1.29 is 22.7 Å². The molecule has 1 aromatic rings. The van der Waals surface area contributed by atoms with Crippen LogP contribution in [0.25, 0.3) is 0 Å². The number of fused-ring (bicyclic) bond motifs is 1. The summed E-state index contributed by atoms with van der Waals surface area (Å²) in [5.41, 5.74) is 0.839. The van der Waals surface area contributed by atoms with E-state index in [1.165, 1.54) is 9.80 Å². The number of rotatable bonds is 3. The fourth-order valence-corrected chi connectivity index (χ4v) is 4.42. The molecule has 2 amide bonds. The predicted molar refractivity (Wildman–Crippen MR) is 97.6 cm³/mol. The lowest BCUT2D eigenvalue weighted by molar-refractivity contribution is -0.117. The summed E-state index contributed by atoms with van der Waals surface area (Å²) in [5.74, 6) is -0.703. The number of hydrogen-bond donors (Lipinski definition) is 0.